The van der Waals surface area contributed by atoms with Crippen molar-refractivity contribution in [2.24, 2.45) is 5.92 Å². The van der Waals surface area contributed by atoms with Crippen molar-refractivity contribution >= 4 is 11.6 Å². The molecule has 0 amide bonds. The first kappa shape index (κ1) is 9.16. The molecule has 0 bridgehead atoms. The quantitative estimate of drug-likeness (QED) is 0.535. The Kier molecular flexibility index (Phi) is 3.19. The van der Waals surface area contributed by atoms with Crippen molar-refractivity contribution in [1.29, 1.82) is 0 Å². The second kappa shape index (κ2) is 4.18. The largest absolute Gasteiger partial charge is 0.0951 e. The van der Waals surface area contributed by atoms with Gasteiger partial charge in [0.05, 0.1) is 0 Å². The van der Waals surface area contributed by atoms with Gasteiger partial charge in [-0.3, -0.25) is 0 Å². The van der Waals surface area contributed by atoms with Crippen molar-refractivity contribution in [2.75, 3.05) is 0 Å². The van der Waals surface area contributed by atoms with Crippen molar-refractivity contribution in [2.45, 2.75) is 13.8 Å². The molecule has 0 aliphatic carbocycles. The van der Waals surface area contributed by atoms with Gasteiger partial charge >= 0.3 is 0 Å². The van der Waals surface area contributed by atoms with Crippen LogP contribution in [-0.4, -0.2) is 0 Å². The molecule has 62 valence electrons. The Morgan fingerprint density at radius 2 is 2.08 bits per heavy atom. The molecular formula is C11H11Cl. The van der Waals surface area contributed by atoms with E-state index in [0.29, 0.717) is 5.92 Å². The number of hydrogen-bond acceptors (Lipinski definition) is 0. The van der Waals surface area contributed by atoms with Crippen LogP contribution in [0.1, 0.15) is 19.4 Å². The van der Waals surface area contributed by atoms with Crippen molar-refractivity contribution in [3.63, 3.8) is 0 Å². The number of rotatable bonds is 0. The first-order chi connectivity index (χ1) is 5.68. The molecule has 0 nitrogen and oxygen atoms in total. The molecule has 0 heterocycles. The SMILES string of the molecule is CC(C)C#Cc1cccc(Cl)c1. The molecule has 12 heavy (non-hydrogen) atoms. The van der Waals surface area contributed by atoms with E-state index in [1.165, 1.54) is 0 Å². The zero-order valence-electron chi connectivity index (χ0n) is 7.26. The molecule has 0 saturated heterocycles. The van der Waals surface area contributed by atoms with Crippen LogP contribution in [0.5, 0.6) is 0 Å². The fourth-order valence-corrected chi connectivity index (χ4v) is 0.984. The Morgan fingerprint density at radius 3 is 2.67 bits per heavy atom. The van der Waals surface area contributed by atoms with Crippen LogP contribution in [0.2, 0.25) is 5.02 Å². The Hall–Kier alpha value is -0.930. The van der Waals surface area contributed by atoms with Gasteiger partial charge in [-0.25, -0.2) is 0 Å². The average molecular weight is 179 g/mol. The molecule has 0 aliphatic heterocycles. The number of benzene rings is 1. The molecule has 1 aromatic rings. The van der Waals surface area contributed by atoms with Gasteiger partial charge < -0.3 is 0 Å². The summed E-state index contributed by atoms with van der Waals surface area (Å²) in [6.45, 7) is 4.13. The Balaban J connectivity index is 2.85. The summed E-state index contributed by atoms with van der Waals surface area (Å²) < 4.78 is 0. The van der Waals surface area contributed by atoms with Crippen molar-refractivity contribution < 1.29 is 0 Å². The highest BCUT2D eigenvalue weighted by molar-refractivity contribution is 6.30. The van der Waals surface area contributed by atoms with Crippen molar-refractivity contribution in [3.8, 4) is 11.8 Å². The van der Waals surface area contributed by atoms with E-state index in [-0.39, 0.29) is 0 Å². The highest BCUT2D eigenvalue weighted by Gasteiger charge is 1.88. The molecule has 1 rings (SSSR count). The number of halogens is 1. The number of hydrogen-bond donors (Lipinski definition) is 0. The lowest BCUT2D eigenvalue weighted by atomic mass is 10.2. The second-order valence-electron chi connectivity index (χ2n) is 2.93. The minimum Gasteiger partial charge on any atom is -0.0951 e. The van der Waals surface area contributed by atoms with Crippen LogP contribution in [0.4, 0.5) is 0 Å². The van der Waals surface area contributed by atoms with Crippen LogP contribution in [0.15, 0.2) is 24.3 Å². The van der Waals surface area contributed by atoms with Crippen LogP contribution in [0.3, 0.4) is 0 Å². The zero-order chi connectivity index (χ0) is 8.97. The highest BCUT2D eigenvalue weighted by Crippen LogP contribution is 2.09. The molecule has 0 fully saturated rings. The van der Waals surface area contributed by atoms with Gasteiger partial charge in [-0.05, 0) is 18.2 Å². The lowest BCUT2D eigenvalue weighted by molar-refractivity contribution is 0.866. The van der Waals surface area contributed by atoms with E-state index in [1.54, 1.807) is 0 Å². The standard InChI is InChI=1S/C11H11Cl/c1-9(2)6-7-10-4-3-5-11(12)8-10/h3-5,8-9H,1-2H3. The van der Waals surface area contributed by atoms with Gasteiger partial charge in [0.25, 0.3) is 0 Å². The molecule has 0 N–H and O–H groups in total. The summed E-state index contributed by atoms with van der Waals surface area (Å²) >= 11 is 5.79. The minimum absolute atomic E-state index is 0.406. The van der Waals surface area contributed by atoms with Crippen LogP contribution in [0.25, 0.3) is 0 Å². The molecule has 0 atom stereocenters. The molecule has 0 aromatic heterocycles. The van der Waals surface area contributed by atoms with E-state index >= 15 is 0 Å². The van der Waals surface area contributed by atoms with Gasteiger partial charge in [-0.1, -0.05) is 43.4 Å². The summed E-state index contributed by atoms with van der Waals surface area (Å²) in [5.74, 6) is 6.54. The lowest BCUT2D eigenvalue weighted by Crippen LogP contribution is -1.79. The van der Waals surface area contributed by atoms with E-state index in [1.807, 2.05) is 24.3 Å². The van der Waals surface area contributed by atoms with Gasteiger partial charge in [-0.2, -0.15) is 0 Å². The van der Waals surface area contributed by atoms with E-state index in [2.05, 4.69) is 25.7 Å². The van der Waals surface area contributed by atoms with Crippen LogP contribution in [0, 0.1) is 17.8 Å². The Morgan fingerprint density at radius 1 is 1.33 bits per heavy atom. The Labute approximate surface area is 78.6 Å². The van der Waals surface area contributed by atoms with E-state index in [4.69, 9.17) is 11.6 Å². The molecule has 0 aliphatic rings. The minimum atomic E-state index is 0.406. The maximum atomic E-state index is 5.79. The van der Waals surface area contributed by atoms with Gasteiger partial charge in [0.2, 0.25) is 0 Å². The van der Waals surface area contributed by atoms with Gasteiger partial charge in [0, 0.05) is 16.5 Å². The van der Waals surface area contributed by atoms with E-state index < -0.39 is 0 Å². The maximum Gasteiger partial charge on any atom is 0.0418 e. The third kappa shape index (κ3) is 2.98. The molecule has 0 unspecified atom stereocenters. The average Bonchev–Trinajstić information content (AvgIpc) is 2.01. The van der Waals surface area contributed by atoms with Gasteiger partial charge in [0.1, 0.15) is 0 Å². The van der Waals surface area contributed by atoms with Crippen LogP contribution in [-0.2, 0) is 0 Å². The molecule has 1 heteroatoms. The summed E-state index contributed by atoms with van der Waals surface area (Å²) in [7, 11) is 0. The first-order valence-electron chi connectivity index (χ1n) is 3.95. The van der Waals surface area contributed by atoms with E-state index in [0.717, 1.165) is 10.6 Å². The van der Waals surface area contributed by atoms with Crippen molar-refractivity contribution in [1.82, 2.24) is 0 Å². The molecule has 0 radical (unpaired) electrons. The topological polar surface area (TPSA) is 0 Å². The second-order valence-corrected chi connectivity index (χ2v) is 3.37. The normalized spacial score (nSPS) is 9.33. The monoisotopic (exact) mass is 178 g/mol. The fourth-order valence-electron chi connectivity index (χ4n) is 0.794. The molecule has 0 spiro atoms. The molecular weight excluding hydrogens is 168 g/mol. The smallest absolute Gasteiger partial charge is 0.0418 e. The van der Waals surface area contributed by atoms with E-state index in [9.17, 15) is 0 Å². The van der Waals surface area contributed by atoms with Crippen molar-refractivity contribution in [3.05, 3.63) is 34.9 Å². The Bertz CT molecular complexity index is 315. The van der Waals surface area contributed by atoms with Gasteiger partial charge in [0.15, 0.2) is 0 Å². The third-order valence-corrected chi connectivity index (χ3v) is 1.56. The maximum absolute atomic E-state index is 5.79. The first-order valence-corrected chi connectivity index (χ1v) is 4.33. The summed E-state index contributed by atoms with van der Waals surface area (Å²) in [6.07, 6.45) is 0. The fraction of sp³-hybridized carbons (Fsp3) is 0.273. The third-order valence-electron chi connectivity index (χ3n) is 1.33. The molecule has 0 saturated carbocycles. The summed E-state index contributed by atoms with van der Waals surface area (Å²) in [4.78, 5) is 0. The summed E-state index contributed by atoms with van der Waals surface area (Å²) in [5.41, 5.74) is 0.983. The highest BCUT2D eigenvalue weighted by atomic mass is 35.5. The predicted octanol–water partition coefficient (Wildman–Crippen LogP) is 3.35. The summed E-state index contributed by atoms with van der Waals surface area (Å²) in [6, 6.07) is 7.59. The molecule has 1 aromatic carbocycles. The van der Waals surface area contributed by atoms with Gasteiger partial charge in [-0.15, -0.1) is 0 Å². The predicted molar refractivity (Wildman–Crippen MR) is 53.2 cm³/mol. The summed E-state index contributed by atoms with van der Waals surface area (Å²) in [5, 5.41) is 0.741. The van der Waals surface area contributed by atoms with Crippen LogP contribution < -0.4 is 0 Å². The van der Waals surface area contributed by atoms with Crippen LogP contribution >= 0.6 is 11.6 Å². The zero-order valence-corrected chi connectivity index (χ0v) is 8.02. The lowest BCUT2D eigenvalue weighted by Gasteiger charge is -1.91.